The average Bonchev–Trinajstić information content (AvgIpc) is 3.17. The monoisotopic (exact) mass is 390 g/mol. The van der Waals surface area contributed by atoms with E-state index in [0.717, 1.165) is 12.1 Å². The van der Waals surface area contributed by atoms with E-state index in [-0.39, 0.29) is 5.91 Å². The Balaban J connectivity index is 1.63. The minimum Gasteiger partial charge on any atom is -0.497 e. The first kappa shape index (κ1) is 18.7. The van der Waals surface area contributed by atoms with Gasteiger partial charge in [0.15, 0.2) is 0 Å². The number of hydrogen-bond donors (Lipinski definition) is 1. The number of ether oxygens (including phenoxy) is 2. The molecule has 1 aliphatic heterocycles. The molecule has 0 bridgehead atoms. The summed E-state index contributed by atoms with van der Waals surface area (Å²) < 4.78 is 10.6. The summed E-state index contributed by atoms with van der Waals surface area (Å²) in [6, 6.07) is 15.1. The summed E-state index contributed by atoms with van der Waals surface area (Å²) in [6.07, 6.45) is 0.847. The van der Waals surface area contributed by atoms with Crippen LogP contribution in [0.5, 0.6) is 11.5 Å². The van der Waals surface area contributed by atoms with Gasteiger partial charge in [-0.25, -0.2) is 9.97 Å². The molecule has 0 radical (unpaired) electrons. The normalized spacial score (nSPS) is 12.4. The van der Waals surface area contributed by atoms with Gasteiger partial charge in [-0.15, -0.1) is 0 Å². The lowest BCUT2D eigenvalue weighted by molar-refractivity contribution is 0.0984. The summed E-state index contributed by atoms with van der Waals surface area (Å²) in [5.41, 5.74) is 3.85. The molecule has 1 amide bonds. The van der Waals surface area contributed by atoms with Gasteiger partial charge in [-0.2, -0.15) is 0 Å². The van der Waals surface area contributed by atoms with Gasteiger partial charge in [-0.1, -0.05) is 18.2 Å². The number of hydrogen-bond acceptors (Lipinski definition) is 6. The molecule has 0 atom stereocenters. The number of nitrogens with zero attached hydrogens (tertiary/aromatic N) is 3. The summed E-state index contributed by atoms with van der Waals surface area (Å²) in [5, 5.41) is 3.15. The Bertz CT molecular complexity index is 1070. The maximum atomic E-state index is 13.1. The molecule has 7 nitrogen and oxygen atoms in total. The van der Waals surface area contributed by atoms with E-state index >= 15 is 0 Å². The van der Waals surface area contributed by atoms with Crippen molar-refractivity contribution in [1.29, 1.82) is 0 Å². The molecular formula is C22H22N4O3. The van der Waals surface area contributed by atoms with E-state index in [0.29, 0.717) is 41.1 Å². The second kappa shape index (κ2) is 7.79. The molecule has 0 saturated carbocycles. The maximum Gasteiger partial charge on any atom is 0.277 e. The first-order valence-electron chi connectivity index (χ1n) is 9.33. The number of aromatic nitrogens is 2. The average molecular weight is 390 g/mol. The number of carbonyl (C=O) groups excluding carboxylic acids is 1. The molecule has 4 rings (SSSR count). The van der Waals surface area contributed by atoms with E-state index in [1.54, 1.807) is 31.3 Å². The number of para-hydroxylation sites is 1. The molecule has 2 aromatic carbocycles. The number of aryl methyl sites for hydroxylation is 1. The molecule has 0 aliphatic carbocycles. The zero-order valence-electron chi connectivity index (χ0n) is 16.6. The zero-order valence-corrected chi connectivity index (χ0v) is 16.6. The molecule has 0 unspecified atom stereocenters. The second-order valence-electron chi connectivity index (χ2n) is 6.74. The molecule has 1 N–H and O–H groups in total. The van der Waals surface area contributed by atoms with Crippen LogP contribution in [0, 0.1) is 6.92 Å². The molecule has 148 valence electrons. The molecule has 0 spiro atoms. The van der Waals surface area contributed by atoms with Gasteiger partial charge in [0, 0.05) is 24.0 Å². The van der Waals surface area contributed by atoms with Gasteiger partial charge in [0.1, 0.15) is 17.2 Å². The largest absolute Gasteiger partial charge is 0.497 e. The smallest absolute Gasteiger partial charge is 0.277 e. The topological polar surface area (TPSA) is 76.6 Å². The van der Waals surface area contributed by atoms with Crippen LogP contribution in [0.15, 0.2) is 48.5 Å². The van der Waals surface area contributed by atoms with Gasteiger partial charge in [0.05, 0.1) is 19.9 Å². The van der Waals surface area contributed by atoms with Crippen LogP contribution >= 0.6 is 0 Å². The van der Waals surface area contributed by atoms with Gasteiger partial charge in [-0.05, 0) is 43.2 Å². The maximum absolute atomic E-state index is 13.1. The summed E-state index contributed by atoms with van der Waals surface area (Å²) >= 11 is 0. The molecule has 3 aromatic rings. The molecule has 0 fully saturated rings. The van der Waals surface area contributed by atoms with Crippen LogP contribution in [0.2, 0.25) is 0 Å². The van der Waals surface area contributed by atoms with Gasteiger partial charge in [0.2, 0.25) is 5.95 Å². The number of rotatable bonds is 5. The SMILES string of the molecule is COc1ccc(Nc2nc(C)cc(C(=O)N3CCc4ccccc43)n2)c(OC)c1. The fourth-order valence-corrected chi connectivity index (χ4v) is 3.44. The van der Waals surface area contributed by atoms with Crippen molar-refractivity contribution in [1.82, 2.24) is 9.97 Å². The third-order valence-corrected chi connectivity index (χ3v) is 4.86. The van der Waals surface area contributed by atoms with Crippen molar-refractivity contribution in [3.05, 3.63) is 65.5 Å². The van der Waals surface area contributed by atoms with Crippen LogP contribution in [-0.2, 0) is 6.42 Å². The predicted molar refractivity (Wildman–Crippen MR) is 111 cm³/mol. The molecule has 0 saturated heterocycles. The summed E-state index contributed by atoms with van der Waals surface area (Å²) in [7, 11) is 3.18. The Morgan fingerprint density at radius 1 is 1.07 bits per heavy atom. The Morgan fingerprint density at radius 3 is 2.69 bits per heavy atom. The lowest BCUT2D eigenvalue weighted by Gasteiger charge is -2.18. The fourth-order valence-electron chi connectivity index (χ4n) is 3.44. The van der Waals surface area contributed by atoms with E-state index in [1.807, 2.05) is 37.3 Å². The highest BCUT2D eigenvalue weighted by atomic mass is 16.5. The zero-order chi connectivity index (χ0) is 20.4. The van der Waals surface area contributed by atoms with Crippen molar-refractivity contribution < 1.29 is 14.3 Å². The Kier molecular flexibility index (Phi) is 5.03. The highest BCUT2D eigenvalue weighted by Crippen LogP contribution is 2.31. The van der Waals surface area contributed by atoms with Gasteiger partial charge < -0.3 is 19.7 Å². The van der Waals surface area contributed by atoms with Crippen molar-refractivity contribution in [2.45, 2.75) is 13.3 Å². The van der Waals surface area contributed by atoms with Crippen LogP contribution in [0.4, 0.5) is 17.3 Å². The van der Waals surface area contributed by atoms with E-state index in [9.17, 15) is 4.79 Å². The number of carbonyl (C=O) groups is 1. The molecule has 1 aliphatic rings. The van der Waals surface area contributed by atoms with Crippen LogP contribution < -0.4 is 19.7 Å². The van der Waals surface area contributed by atoms with Crippen molar-refractivity contribution in [3.63, 3.8) is 0 Å². The molecular weight excluding hydrogens is 368 g/mol. The van der Waals surface area contributed by atoms with E-state index in [2.05, 4.69) is 21.4 Å². The standard InChI is InChI=1S/C22H22N4O3/c1-14-12-18(21(27)26-11-10-15-6-4-5-7-19(15)26)25-22(23-14)24-17-9-8-16(28-2)13-20(17)29-3/h4-9,12-13H,10-11H2,1-3H3,(H,23,24,25). The first-order valence-corrected chi connectivity index (χ1v) is 9.33. The summed E-state index contributed by atoms with van der Waals surface area (Å²) in [5.74, 6) is 1.48. The van der Waals surface area contributed by atoms with Gasteiger partial charge >= 0.3 is 0 Å². The highest BCUT2D eigenvalue weighted by Gasteiger charge is 2.26. The number of fused-ring (bicyclic) bond motifs is 1. The van der Waals surface area contributed by atoms with Crippen molar-refractivity contribution in [2.75, 3.05) is 31.0 Å². The van der Waals surface area contributed by atoms with E-state index in [4.69, 9.17) is 9.47 Å². The molecule has 1 aromatic heterocycles. The van der Waals surface area contributed by atoms with Crippen LogP contribution in [0.3, 0.4) is 0 Å². The van der Waals surface area contributed by atoms with Gasteiger partial charge in [0.25, 0.3) is 5.91 Å². The van der Waals surface area contributed by atoms with Gasteiger partial charge in [-0.3, -0.25) is 4.79 Å². The van der Waals surface area contributed by atoms with Crippen molar-refractivity contribution in [2.24, 2.45) is 0 Å². The van der Waals surface area contributed by atoms with Crippen LogP contribution in [0.25, 0.3) is 0 Å². The Hall–Kier alpha value is -3.61. The molecule has 29 heavy (non-hydrogen) atoms. The summed E-state index contributed by atoms with van der Waals surface area (Å²) in [6.45, 7) is 2.49. The third-order valence-electron chi connectivity index (χ3n) is 4.86. The minimum atomic E-state index is -0.134. The molecule has 2 heterocycles. The van der Waals surface area contributed by atoms with Crippen LogP contribution in [-0.4, -0.2) is 36.6 Å². The number of anilines is 3. The Morgan fingerprint density at radius 2 is 1.90 bits per heavy atom. The van der Waals surface area contributed by atoms with Crippen molar-refractivity contribution >= 4 is 23.2 Å². The second-order valence-corrected chi connectivity index (χ2v) is 6.74. The van der Waals surface area contributed by atoms with Crippen LogP contribution in [0.1, 0.15) is 21.7 Å². The minimum absolute atomic E-state index is 0.134. The first-order chi connectivity index (χ1) is 14.1. The summed E-state index contributed by atoms with van der Waals surface area (Å²) in [4.78, 5) is 23.8. The lowest BCUT2D eigenvalue weighted by Crippen LogP contribution is -2.30. The van der Waals surface area contributed by atoms with E-state index in [1.165, 1.54) is 5.56 Å². The predicted octanol–water partition coefficient (Wildman–Crippen LogP) is 3.75. The lowest BCUT2D eigenvalue weighted by atomic mass is 10.2. The number of amides is 1. The Labute approximate surface area is 169 Å². The molecule has 7 heteroatoms. The number of benzene rings is 2. The third kappa shape index (κ3) is 3.71. The highest BCUT2D eigenvalue weighted by molar-refractivity contribution is 6.06. The van der Waals surface area contributed by atoms with E-state index < -0.39 is 0 Å². The quantitative estimate of drug-likeness (QED) is 0.715. The fraction of sp³-hybridized carbons (Fsp3) is 0.227. The number of methoxy groups -OCH3 is 2. The number of nitrogens with one attached hydrogen (secondary N) is 1. The van der Waals surface area contributed by atoms with Crippen molar-refractivity contribution in [3.8, 4) is 11.5 Å².